The highest BCUT2D eigenvalue weighted by molar-refractivity contribution is 7.99. The van der Waals surface area contributed by atoms with E-state index in [9.17, 15) is 14.9 Å². The van der Waals surface area contributed by atoms with Gasteiger partial charge in [-0.3, -0.25) is 9.59 Å². The van der Waals surface area contributed by atoms with Crippen LogP contribution < -0.4 is 10.6 Å². The number of benzene rings is 3. The molecular formula is C24H19N3O3S. The third-order valence-corrected chi connectivity index (χ3v) is 5.25. The van der Waals surface area contributed by atoms with Crippen molar-refractivity contribution in [3.63, 3.8) is 0 Å². The van der Waals surface area contributed by atoms with Gasteiger partial charge in [0.1, 0.15) is 11.6 Å². The lowest BCUT2D eigenvalue weighted by atomic mass is 10.1. The maximum Gasteiger partial charge on any atom is 0.307 e. The van der Waals surface area contributed by atoms with Crippen molar-refractivity contribution in [1.29, 1.82) is 5.26 Å². The van der Waals surface area contributed by atoms with E-state index in [0.717, 1.165) is 9.79 Å². The average molecular weight is 430 g/mol. The summed E-state index contributed by atoms with van der Waals surface area (Å²) in [5, 5.41) is 23.9. The molecule has 0 heterocycles. The van der Waals surface area contributed by atoms with Crippen molar-refractivity contribution in [1.82, 2.24) is 0 Å². The maximum atomic E-state index is 12.6. The number of nitrogens with one attached hydrogen (secondary N) is 2. The third-order valence-electron chi connectivity index (χ3n) is 4.16. The van der Waals surface area contributed by atoms with E-state index in [0.29, 0.717) is 16.9 Å². The van der Waals surface area contributed by atoms with Crippen LogP contribution in [0.4, 0.5) is 11.4 Å². The van der Waals surface area contributed by atoms with Crippen molar-refractivity contribution in [2.45, 2.75) is 16.2 Å². The molecule has 0 unspecified atom stereocenters. The second-order valence-electron chi connectivity index (χ2n) is 6.45. The second-order valence-corrected chi connectivity index (χ2v) is 7.56. The van der Waals surface area contributed by atoms with Gasteiger partial charge in [0.05, 0.1) is 12.1 Å². The Morgan fingerprint density at radius 3 is 2.32 bits per heavy atom. The molecule has 31 heavy (non-hydrogen) atoms. The van der Waals surface area contributed by atoms with E-state index in [2.05, 4.69) is 10.6 Å². The predicted octanol–water partition coefficient (Wildman–Crippen LogP) is 4.92. The molecule has 3 aromatic rings. The lowest BCUT2D eigenvalue weighted by molar-refractivity contribution is -0.136. The topological polar surface area (TPSA) is 102 Å². The molecule has 6 nitrogen and oxygen atoms in total. The molecule has 0 aliphatic carbocycles. The number of carboxylic acids is 1. The number of carbonyl (C=O) groups is 2. The van der Waals surface area contributed by atoms with Gasteiger partial charge in [-0.2, -0.15) is 5.26 Å². The first-order valence-electron chi connectivity index (χ1n) is 9.36. The fraction of sp³-hybridized carbons (Fsp3) is 0.0417. The Morgan fingerprint density at radius 1 is 0.968 bits per heavy atom. The monoisotopic (exact) mass is 429 g/mol. The molecule has 0 aromatic heterocycles. The van der Waals surface area contributed by atoms with E-state index in [1.807, 2.05) is 54.6 Å². The molecule has 0 fully saturated rings. The standard InChI is InChI=1S/C24H19N3O3S/c25-15-18(16-26-19-12-10-17(11-13-19)14-23(28)29)24(30)27-21-8-4-5-9-22(21)31-20-6-2-1-3-7-20/h1-13,16,26H,14H2,(H,27,30)(H,28,29)/b18-16-. The zero-order chi connectivity index (χ0) is 22.1. The van der Waals surface area contributed by atoms with Gasteiger partial charge in [-0.05, 0) is 42.0 Å². The molecule has 0 saturated carbocycles. The molecule has 0 saturated heterocycles. The summed E-state index contributed by atoms with van der Waals surface area (Å²) in [6.07, 6.45) is 1.26. The van der Waals surface area contributed by atoms with Crippen molar-refractivity contribution >= 4 is 35.0 Å². The Balaban J connectivity index is 1.69. The highest BCUT2D eigenvalue weighted by atomic mass is 32.2. The van der Waals surface area contributed by atoms with Crippen LogP contribution in [0.15, 0.2) is 100 Å². The highest BCUT2D eigenvalue weighted by Gasteiger charge is 2.12. The zero-order valence-corrected chi connectivity index (χ0v) is 17.2. The van der Waals surface area contributed by atoms with Crippen molar-refractivity contribution in [2.24, 2.45) is 0 Å². The quantitative estimate of drug-likeness (QED) is 0.347. The number of carboxylic acid groups (broad SMARTS) is 1. The minimum Gasteiger partial charge on any atom is -0.481 e. The van der Waals surface area contributed by atoms with Crippen LogP contribution in [0.5, 0.6) is 0 Å². The maximum absolute atomic E-state index is 12.6. The van der Waals surface area contributed by atoms with Crippen LogP contribution in [0.25, 0.3) is 0 Å². The first-order chi connectivity index (χ1) is 15.0. The summed E-state index contributed by atoms with van der Waals surface area (Å²) >= 11 is 1.52. The number of anilines is 2. The van der Waals surface area contributed by atoms with Crippen LogP contribution in [-0.2, 0) is 16.0 Å². The van der Waals surface area contributed by atoms with Gasteiger partial charge in [-0.25, -0.2) is 0 Å². The summed E-state index contributed by atoms with van der Waals surface area (Å²) in [4.78, 5) is 25.3. The molecule has 0 radical (unpaired) electrons. The van der Waals surface area contributed by atoms with Crippen molar-refractivity contribution in [3.8, 4) is 6.07 Å². The van der Waals surface area contributed by atoms with Gasteiger partial charge in [0, 0.05) is 21.7 Å². The molecule has 0 aliphatic heterocycles. The predicted molar refractivity (Wildman–Crippen MR) is 121 cm³/mol. The SMILES string of the molecule is N#C/C(=C/Nc1ccc(CC(=O)O)cc1)C(=O)Nc1ccccc1Sc1ccccc1. The fourth-order valence-electron chi connectivity index (χ4n) is 2.66. The molecule has 0 bridgehead atoms. The molecule has 0 spiro atoms. The summed E-state index contributed by atoms with van der Waals surface area (Å²) in [6, 6.07) is 25.8. The zero-order valence-electron chi connectivity index (χ0n) is 16.4. The van der Waals surface area contributed by atoms with E-state index in [4.69, 9.17) is 5.11 Å². The van der Waals surface area contributed by atoms with E-state index < -0.39 is 11.9 Å². The van der Waals surface area contributed by atoms with Crippen LogP contribution in [0.1, 0.15) is 5.56 Å². The van der Waals surface area contributed by atoms with Crippen LogP contribution in [0.2, 0.25) is 0 Å². The number of hydrogen-bond donors (Lipinski definition) is 3. The molecule has 0 aliphatic rings. The Bertz CT molecular complexity index is 1140. The molecule has 7 heteroatoms. The second kappa shape index (κ2) is 10.7. The number of nitrogens with zero attached hydrogens (tertiary/aromatic N) is 1. The van der Waals surface area contributed by atoms with Gasteiger partial charge in [-0.1, -0.05) is 54.2 Å². The van der Waals surface area contributed by atoms with Crippen molar-refractivity contribution in [2.75, 3.05) is 10.6 Å². The Hall–Kier alpha value is -4.02. The Kier molecular flexibility index (Phi) is 7.46. The van der Waals surface area contributed by atoms with Gasteiger partial charge in [0.25, 0.3) is 5.91 Å². The first-order valence-corrected chi connectivity index (χ1v) is 10.2. The normalized spacial score (nSPS) is 10.7. The number of hydrogen-bond acceptors (Lipinski definition) is 5. The van der Waals surface area contributed by atoms with Crippen LogP contribution in [0, 0.1) is 11.3 Å². The van der Waals surface area contributed by atoms with E-state index in [1.165, 1.54) is 18.0 Å². The number of aliphatic carboxylic acids is 1. The summed E-state index contributed by atoms with van der Waals surface area (Å²) in [5.74, 6) is -1.44. The summed E-state index contributed by atoms with van der Waals surface area (Å²) in [7, 11) is 0. The third kappa shape index (κ3) is 6.49. The fourth-order valence-corrected chi connectivity index (χ4v) is 3.58. The van der Waals surface area contributed by atoms with E-state index in [-0.39, 0.29) is 12.0 Å². The Morgan fingerprint density at radius 2 is 1.65 bits per heavy atom. The highest BCUT2D eigenvalue weighted by Crippen LogP contribution is 2.33. The number of carbonyl (C=O) groups excluding carboxylic acids is 1. The van der Waals surface area contributed by atoms with Gasteiger partial charge in [-0.15, -0.1) is 0 Å². The van der Waals surface area contributed by atoms with E-state index in [1.54, 1.807) is 30.3 Å². The Labute approximate surface area is 184 Å². The number of rotatable bonds is 8. The van der Waals surface area contributed by atoms with Gasteiger partial charge in [0.2, 0.25) is 0 Å². The molecule has 1 amide bonds. The summed E-state index contributed by atoms with van der Waals surface area (Å²) in [6.45, 7) is 0. The van der Waals surface area contributed by atoms with Gasteiger partial charge >= 0.3 is 5.97 Å². The van der Waals surface area contributed by atoms with E-state index >= 15 is 0 Å². The molecular weight excluding hydrogens is 410 g/mol. The van der Waals surface area contributed by atoms with Crippen molar-refractivity contribution < 1.29 is 14.7 Å². The molecule has 0 atom stereocenters. The molecule has 154 valence electrons. The van der Waals surface area contributed by atoms with Gasteiger partial charge < -0.3 is 15.7 Å². The van der Waals surface area contributed by atoms with Crippen LogP contribution in [0.3, 0.4) is 0 Å². The number of amides is 1. The average Bonchev–Trinajstić information content (AvgIpc) is 2.77. The smallest absolute Gasteiger partial charge is 0.307 e. The van der Waals surface area contributed by atoms with Gasteiger partial charge in [0.15, 0.2) is 0 Å². The minimum atomic E-state index is -0.908. The summed E-state index contributed by atoms with van der Waals surface area (Å²) < 4.78 is 0. The largest absolute Gasteiger partial charge is 0.481 e. The molecule has 3 rings (SSSR count). The molecule has 3 N–H and O–H groups in total. The molecule has 3 aromatic carbocycles. The lowest BCUT2D eigenvalue weighted by Gasteiger charge is -2.10. The number of para-hydroxylation sites is 1. The van der Waals surface area contributed by atoms with Crippen molar-refractivity contribution in [3.05, 3.63) is 96.2 Å². The first kappa shape index (κ1) is 21.7. The minimum absolute atomic E-state index is 0.0671. The number of nitriles is 1. The van der Waals surface area contributed by atoms with Crippen LogP contribution in [-0.4, -0.2) is 17.0 Å². The summed E-state index contributed by atoms with van der Waals surface area (Å²) in [5.41, 5.74) is 1.82. The van der Waals surface area contributed by atoms with Crippen LogP contribution >= 0.6 is 11.8 Å². The lowest BCUT2D eigenvalue weighted by Crippen LogP contribution is -2.15.